The van der Waals surface area contributed by atoms with Crippen molar-refractivity contribution in [3.63, 3.8) is 0 Å². The Morgan fingerprint density at radius 2 is 1.97 bits per heavy atom. The number of halogens is 4. The fourth-order valence-corrected chi connectivity index (χ4v) is 3.68. The zero-order valence-corrected chi connectivity index (χ0v) is 19.9. The molecule has 1 heterocycles. The zero-order chi connectivity index (χ0) is 25.9. The van der Waals surface area contributed by atoms with Gasteiger partial charge in [-0.25, -0.2) is 13.4 Å². The summed E-state index contributed by atoms with van der Waals surface area (Å²) in [6, 6.07) is 1.70. The van der Waals surface area contributed by atoms with Gasteiger partial charge in [-0.2, -0.15) is 22.7 Å². The van der Waals surface area contributed by atoms with Gasteiger partial charge in [0.1, 0.15) is 23.0 Å². The third kappa shape index (κ3) is 6.49. The second-order valence-corrected chi connectivity index (χ2v) is 10.1. The second-order valence-electron chi connectivity index (χ2n) is 7.90. The Morgan fingerprint density at radius 1 is 1.35 bits per heavy atom. The highest BCUT2D eigenvalue weighted by molar-refractivity contribution is 7.90. The molecular formula is C19H22ClF3N4O6S. The predicted molar refractivity (Wildman–Crippen MR) is 112 cm³/mol. The molecule has 15 heteroatoms. The molecule has 0 bridgehead atoms. The minimum absolute atomic E-state index is 0.0476. The highest BCUT2D eigenvalue weighted by atomic mass is 35.5. The van der Waals surface area contributed by atoms with E-state index in [1.807, 2.05) is 6.07 Å². The van der Waals surface area contributed by atoms with Gasteiger partial charge in [0.25, 0.3) is 5.91 Å². The van der Waals surface area contributed by atoms with Crippen molar-refractivity contribution in [2.24, 2.45) is 5.92 Å². The molecule has 34 heavy (non-hydrogen) atoms. The first-order chi connectivity index (χ1) is 15.6. The van der Waals surface area contributed by atoms with Crippen molar-refractivity contribution in [1.82, 2.24) is 14.6 Å². The summed E-state index contributed by atoms with van der Waals surface area (Å²) in [4.78, 5) is 27.9. The minimum atomic E-state index is -5.86. The van der Waals surface area contributed by atoms with Crippen LogP contribution in [0.5, 0.6) is 5.75 Å². The standard InChI is InChI=1S/C19H22ClF3N4O6S/c1-11(2)17(29)33-10-27(34(30,31)19(21,22)23)12(3)8-32-13-6-14(15(20)25-7-13)16(28)26-18(9-24)4-5-18/h6-7,11-12H,4-5,8,10H2,1-3H3,(H,26,28)/t12-/m0/s1. The van der Waals surface area contributed by atoms with E-state index in [0.29, 0.717) is 12.8 Å². The van der Waals surface area contributed by atoms with Gasteiger partial charge >= 0.3 is 21.5 Å². The number of pyridine rings is 1. The SMILES string of the molecule is CC(C)C(=O)OCN([C@@H](C)COc1cnc(Cl)c(C(=O)NC2(C#N)CC2)c1)S(=O)(=O)C(F)(F)F. The van der Waals surface area contributed by atoms with E-state index in [0.717, 1.165) is 19.2 Å². The molecule has 0 radical (unpaired) electrons. The summed E-state index contributed by atoms with van der Waals surface area (Å²) < 4.78 is 73.4. The molecule has 1 N–H and O–H groups in total. The smallest absolute Gasteiger partial charge is 0.490 e. The molecule has 0 aromatic carbocycles. The molecule has 1 saturated carbocycles. The van der Waals surface area contributed by atoms with Crippen LogP contribution in [0.25, 0.3) is 0 Å². The zero-order valence-electron chi connectivity index (χ0n) is 18.3. The number of hydrogen-bond acceptors (Lipinski definition) is 8. The summed E-state index contributed by atoms with van der Waals surface area (Å²) in [6.07, 6.45) is 2.03. The topological polar surface area (TPSA) is 139 Å². The van der Waals surface area contributed by atoms with Crippen LogP contribution < -0.4 is 10.1 Å². The van der Waals surface area contributed by atoms with Gasteiger partial charge in [0.15, 0.2) is 6.73 Å². The minimum Gasteiger partial charge on any atom is -0.490 e. The van der Waals surface area contributed by atoms with Gasteiger partial charge in [-0.1, -0.05) is 25.4 Å². The number of nitrogens with zero attached hydrogens (tertiary/aromatic N) is 3. The molecular weight excluding hydrogens is 505 g/mol. The molecule has 0 spiro atoms. The summed E-state index contributed by atoms with van der Waals surface area (Å²) in [6.45, 7) is 2.20. The predicted octanol–water partition coefficient (Wildman–Crippen LogP) is 2.60. The van der Waals surface area contributed by atoms with Crippen molar-refractivity contribution < 1.29 is 40.7 Å². The van der Waals surface area contributed by atoms with E-state index < -0.39 is 58.2 Å². The van der Waals surface area contributed by atoms with E-state index in [9.17, 15) is 31.2 Å². The van der Waals surface area contributed by atoms with Gasteiger partial charge in [0.05, 0.1) is 29.8 Å². The van der Waals surface area contributed by atoms with Gasteiger partial charge in [-0.15, -0.1) is 0 Å². The van der Waals surface area contributed by atoms with Gasteiger partial charge < -0.3 is 14.8 Å². The van der Waals surface area contributed by atoms with E-state index in [1.54, 1.807) is 0 Å². The van der Waals surface area contributed by atoms with Crippen molar-refractivity contribution in [2.45, 2.75) is 50.7 Å². The van der Waals surface area contributed by atoms with Gasteiger partial charge in [-0.05, 0) is 25.8 Å². The fraction of sp³-hybridized carbons (Fsp3) is 0.579. The van der Waals surface area contributed by atoms with Crippen LogP contribution in [-0.2, 0) is 19.6 Å². The lowest BCUT2D eigenvalue weighted by Crippen LogP contribution is -2.49. The van der Waals surface area contributed by atoms with Crippen LogP contribution in [0.4, 0.5) is 13.2 Å². The number of ether oxygens (including phenoxy) is 2. The first-order valence-electron chi connectivity index (χ1n) is 9.90. The molecule has 1 aliphatic rings. The first-order valence-corrected chi connectivity index (χ1v) is 11.7. The number of carbonyl (C=O) groups is 2. The normalized spacial score (nSPS) is 16.0. The Morgan fingerprint density at radius 3 is 2.47 bits per heavy atom. The van der Waals surface area contributed by atoms with E-state index in [-0.39, 0.29) is 20.8 Å². The summed E-state index contributed by atoms with van der Waals surface area (Å²) in [5.74, 6) is -2.37. The van der Waals surface area contributed by atoms with Crippen LogP contribution in [-0.4, -0.2) is 60.0 Å². The number of rotatable bonds is 10. The van der Waals surface area contributed by atoms with Crippen molar-refractivity contribution >= 4 is 33.5 Å². The number of sulfonamides is 1. The number of aromatic nitrogens is 1. The molecule has 0 saturated heterocycles. The molecule has 1 atom stereocenters. The van der Waals surface area contributed by atoms with E-state index in [1.165, 1.54) is 13.8 Å². The maximum Gasteiger partial charge on any atom is 0.511 e. The summed E-state index contributed by atoms with van der Waals surface area (Å²) in [5.41, 5.74) is -6.76. The van der Waals surface area contributed by atoms with Crippen molar-refractivity contribution in [1.29, 1.82) is 5.26 Å². The molecule has 1 aliphatic carbocycles. The summed E-state index contributed by atoms with van der Waals surface area (Å²) in [7, 11) is -5.86. The molecule has 0 unspecified atom stereocenters. The van der Waals surface area contributed by atoms with Crippen LogP contribution in [0.15, 0.2) is 12.3 Å². The molecule has 10 nitrogen and oxygen atoms in total. The molecule has 1 amide bonds. The first kappa shape index (κ1) is 27.6. The average molecular weight is 527 g/mol. The Labute approximate surface area is 199 Å². The van der Waals surface area contributed by atoms with Crippen molar-refractivity contribution in [3.8, 4) is 11.8 Å². The molecule has 0 aliphatic heterocycles. The number of nitrogens with one attached hydrogen (secondary N) is 1. The van der Waals surface area contributed by atoms with Crippen LogP contribution in [0, 0.1) is 17.2 Å². The van der Waals surface area contributed by atoms with Crippen LogP contribution >= 0.6 is 11.6 Å². The monoisotopic (exact) mass is 526 g/mol. The quantitative estimate of drug-likeness (QED) is 0.279. The lowest BCUT2D eigenvalue weighted by Gasteiger charge is -2.28. The number of hydrogen-bond donors (Lipinski definition) is 1. The van der Waals surface area contributed by atoms with Crippen LogP contribution in [0.1, 0.15) is 44.0 Å². The van der Waals surface area contributed by atoms with Crippen LogP contribution in [0.3, 0.4) is 0 Å². The number of alkyl halides is 3. The Kier molecular flexibility index (Phi) is 8.39. The average Bonchev–Trinajstić information content (AvgIpc) is 3.51. The van der Waals surface area contributed by atoms with E-state index in [4.69, 9.17) is 26.3 Å². The maximum absolute atomic E-state index is 13.1. The lowest BCUT2D eigenvalue weighted by molar-refractivity contribution is -0.151. The largest absolute Gasteiger partial charge is 0.511 e. The third-order valence-corrected chi connectivity index (χ3v) is 6.73. The van der Waals surface area contributed by atoms with Gasteiger partial charge in [0.2, 0.25) is 0 Å². The molecule has 1 aromatic rings. The van der Waals surface area contributed by atoms with Gasteiger partial charge in [-0.3, -0.25) is 9.59 Å². The molecule has 188 valence electrons. The highest BCUT2D eigenvalue weighted by Crippen LogP contribution is 2.35. The molecule has 1 fully saturated rings. The van der Waals surface area contributed by atoms with E-state index in [2.05, 4.69) is 10.3 Å². The van der Waals surface area contributed by atoms with E-state index >= 15 is 0 Å². The molecule has 1 aromatic heterocycles. The summed E-state index contributed by atoms with van der Waals surface area (Å²) >= 11 is 5.93. The van der Waals surface area contributed by atoms with Crippen LogP contribution in [0.2, 0.25) is 5.15 Å². The fourth-order valence-electron chi connectivity index (χ4n) is 2.50. The summed E-state index contributed by atoms with van der Waals surface area (Å²) in [5, 5.41) is 11.4. The van der Waals surface area contributed by atoms with Crippen molar-refractivity contribution in [2.75, 3.05) is 13.3 Å². The Bertz CT molecular complexity index is 1090. The number of nitriles is 1. The Balaban J connectivity index is 2.16. The number of carbonyl (C=O) groups excluding carboxylic acids is 2. The van der Waals surface area contributed by atoms with Crippen molar-refractivity contribution in [3.05, 3.63) is 23.0 Å². The second kappa shape index (κ2) is 10.3. The van der Waals surface area contributed by atoms with Gasteiger partial charge in [0, 0.05) is 0 Å². The highest BCUT2D eigenvalue weighted by Gasteiger charge is 2.52. The maximum atomic E-state index is 13.1. The number of amides is 1. The Hall–Kier alpha value is -2.63. The lowest BCUT2D eigenvalue weighted by atomic mass is 10.2. The third-order valence-electron chi connectivity index (χ3n) is 4.76. The molecule has 2 rings (SSSR count). The number of esters is 1.